The number of aliphatic hydroxyl groups is 1. The lowest BCUT2D eigenvalue weighted by molar-refractivity contribution is -0.266. The maximum absolute atomic E-state index is 12.3. The van der Waals surface area contributed by atoms with Crippen molar-refractivity contribution in [3.05, 3.63) is 35.9 Å². The smallest absolute Gasteiger partial charge is 0.416 e. The number of hydrogen-bond donors (Lipinski definition) is 3. The Morgan fingerprint density at radius 3 is 2.17 bits per heavy atom. The summed E-state index contributed by atoms with van der Waals surface area (Å²) < 4.78 is 45.8. The average Bonchev–Trinajstić information content (AvgIpc) is 2.55. The van der Waals surface area contributed by atoms with E-state index in [4.69, 9.17) is 10.3 Å². The highest BCUT2D eigenvalue weighted by Crippen LogP contribution is 2.32. The van der Waals surface area contributed by atoms with Crippen molar-refractivity contribution in [1.29, 1.82) is 0 Å². The minimum absolute atomic E-state index is 0. The standard InChI is InChI=1S/C8H14F3NO4.C7H8O.H2/c1-7(2,8(9,10)11)16-4-5(12-14)6(13)15-3;8-6-7-4-2-1-3-5-7;/h5,12,14H,4H2,1-3H3;1-5,8H,6H2;1H/t5-;;/m0../s1. The Morgan fingerprint density at radius 2 is 1.83 bits per heavy atom. The highest BCUT2D eigenvalue weighted by Gasteiger charge is 2.49. The maximum atomic E-state index is 12.3. The van der Waals surface area contributed by atoms with Crippen LogP contribution in [0, 0.1) is 0 Å². The van der Waals surface area contributed by atoms with E-state index in [-0.39, 0.29) is 8.03 Å². The summed E-state index contributed by atoms with van der Waals surface area (Å²) in [5, 5.41) is 17.1. The second-order valence-electron chi connectivity index (χ2n) is 5.17. The number of rotatable bonds is 6. The van der Waals surface area contributed by atoms with Gasteiger partial charge in [0.25, 0.3) is 0 Å². The van der Waals surface area contributed by atoms with Gasteiger partial charge in [-0.1, -0.05) is 30.3 Å². The van der Waals surface area contributed by atoms with Crippen LogP contribution in [0.4, 0.5) is 13.2 Å². The van der Waals surface area contributed by atoms with E-state index >= 15 is 0 Å². The Kier molecular flexibility index (Phi) is 9.52. The molecule has 0 spiro atoms. The van der Waals surface area contributed by atoms with Crippen LogP contribution in [0.5, 0.6) is 0 Å². The van der Waals surface area contributed by atoms with Crippen molar-refractivity contribution in [1.82, 2.24) is 5.48 Å². The number of ether oxygens (including phenoxy) is 2. The van der Waals surface area contributed by atoms with Crippen LogP contribution in [-0.2, 0) is 20.9 Å². The maximum Gasteiger partial charge on any atom is 0.416 e. The molecule has 0 aromatic heterocycles. The number of aliphatic hydroxyl groups excluding tert-OH is 1. The largest absolute Gasteiger partial charge is 0.468 e. The van der Waals surface area contributed by atoms with Gasteiger partial charge in [-0.15, -0.1) is 0 Å². The normalized spacial score (nSPS) is 12.8. The summed E-state index contributed by atoms with van der Waals surface area (Å²) in [6, 6.07) is 8.17. The van der Waals surface area contributed by atoms with Crippen molar-refractivity contribution in [2.45, 2.75) is 38.3 Å². The highest BCUT2D eigenvalue weighted by molar-refractivity contribution is 5.75. The average molecular weight is 355 g/mol. The number of alkyl halides is 3. The predicted octanol–water partition coefficient (Wildman–Crippen LogP) is 2.29. The Balaban J connectivity index is 0. The molecule has 0 aliphatic rings. The quantitative estimate of drug-likeness (QED) is 0.536. The zero-order chi connectivity index (χ0) is 18.8. The Bertz CT molecular complexity index is 486. The molecule has 0 radical (unpaired) electrons. The number of carbonyl (C=O) groups excluding carboxylic acids is 1. The molecule has 0 heterocycles. The molecule has 0 fully saturated rings. The summed E-state index contributed by atoms with van der Waals surface area (Å²) in [7, 11) is 1.04. The van der Waals surface area contributed by atoms with Crippen LogP contribution in [0.1, 0.15) is 20.8 Å². The lowest BCUT2D eigenvalue weighted by Gasteiger charge is -2.29. The molecule has 1 aromatic carbocycles. The molecule has 0 saturated carbocycles. The van der Waals surface area contributed by atoms with Gasteiger partial charge < -0.3 is 19.8 Å². The van der Waals surface area contributed by atoms with Crippen LogP contribution in [-0.4, -0.2) is 47.8 Å². The van der Waals surface area contributed by atoms with Gasteiger partial charge in [-0.2, -0.15) is 18.7 Å². The zero-order valence-electron chi connectivity index (χ0n) is 13.6. The molecule has 0 aliphatic heterocycles. The molecular formula is C15H24F3NO5. The number of benzene rings is 1. The van der Waals surface area contributed by atoms with Crippen LogP contribution in [0.3, 0.4) is 0 Å². The van der Waals surface area contributed by atoms with Gasteiger partial charge in [0.2, 0.25) is 0 Å². The molecule has 3 N–H and O–H groups in total. The molecule has 0 aliphatic carbocycles. The molecular weight excluding hydrogens is 331 g/mol. The third kappa shape index (κ3) is 7.73. The molecule has 1 rings (SSSR count). The van der Waals surface area contributed by atoms with Crippen LogP contribution in [0.15, 0.2) is 30.3 Å². The molecule has 0 unspecified atom stereocenters. The summed E-state index contributed by atoms with van der Waals surface area (Å²) in [6.45, 7) is 1.12. The van der Waals surface area contributed by atoms with E-state index in [0.717, 1.165) is 26.5 Å². The number of halogens is 3. The second-order valence-corrected chi connectivity index (χ2v) is 5.17. The van der Waals surface area contributed by atoms with Crippen LogP contribution >= 0.6 is 0 Å². The van der Waals surface area contributed by atoms with E-state index in [9.17, 15) is 18.0 Å². The minimum atomic E-state index is -4.57. The van der Waals surface area contributed by atoms with E-state index in [0.29, 0.717) is 0 Å². The van der Waals surface area contributed by atoms with E-state index < -0.39 is 30.4 Å². The lowest BCUT2D eigenvalue weighted by atomic mass is 10.1. The monoisotopic (exact) mass is 355 g/mol. The first kappa shape index (κ1) is 22.3. The number of hydroxylamine groups is 1. The Hall–Kier alpha value is -1.68. The lowest BCUT2D eigenvalue weighted by Crippen LogP contribution is -2.47. The molecule has 140 valence electrons. The molecule has 0 saturated heterocycles. The first-order valence-corrected chi connectivity index (χ1v) is 6.92. The van der Waals surface area contributed by atoms with E-state index in [2.05, 4.69) is 9.47 Å². The fraction of sp³-hybridized carbons (Fsp3) is 0.533. The topological polar surface area (TPSA) is 88.0 Å². The van der Waals surface area contributed by atoms with Crippen LogP contribution < -0.4 is 5.48 Å². The van der Waals surface area contributed by atoms with Gasteiger partial charge in [0.15, 0.2) is 11.6 Å². The van der Waals surface area contributed by atoms with Crippen molar-refractivity contribution < 1.29 is 39.2 Å². The van der Waals surface area contributed by atoms with Gasteiger partial charge in [-0.25, -0.2) is 0 Å². The number of esters is 1. The summed E-state index contributed by atoms with van der Waals surface area (Å²) in [4.78, 5) is 10.9. The summed E-state index contributed by atoms with van der Waals surface area (Å²) in [5.41, 5.74) is 0.0685. The van der Waals surface area contributed by atoms with E-state index in [1.807, 2.05) is 30.3 Å². The summed E-state index contributed by atoms with van der Waals surface area (Å²) >= 11 is 0. The van der Waals surface area contributed by atoms with Gasteiger partial charge in [-0.05, 0) is 19.4 Å². The summed E-state index contributed by atoms with van der Waals surface area (Å²) in [5.74, 6) is -0.916. The van der Waals surface area contributed by atoms with Gasteiger partial charge in [0.05, 0.1) is 20.3 Å². The Morgan fingerprint density at radius 1 is 1.29 bits per heavy atom. The molecule has 24 heavy (non-hydrogen) atoms. The van der Waals surface area contributed by atoms with Gasteiger partial charge >= 0.3 is 12.1 Å². The number of methoxy groups -OCH3 is 1. The Labute approximate surface area is 139 Å². The van der Waals surface area contributed by atoms with Crippen molar-refractivity contribution in [3.63, 3.8) is 0 Å². The van der Waals surface area contributed by atoms with Crippen molar-refractivity contribution in [3.8, 4) is 0 Å². The molecule has 6 nitrogen and oxygen atoms in total. The molecule has 1 atom stereocenters. The van der Waals surface area contributed by atoms with Crippen LogP contribution in [0.25, 0.3) is 0 Å². The zero-order valence-corrected chi connectivity index (χ0v) is 13.6. The van der Waals surface area contributed by atoms with Crippen molar-refractivity contribution >= 4 is 5.97 Å². The molecule has 9 heteroatoms. The van der Waals surface area contributed by atoms with E-state index in [1.54, 1.807) is 0 Å². The second kappa shape index (κ2) is 10.2. The predicted molar refractivity (Wildman–Crippen MR) is 81.3 cm³/mol. The third-order valence-corrected chi connectivity index (χ3v) is 2.96. The van der Waals surface area contributed by atoms with Gasteiger partial charge in [-0.3, -0.25) is 4.79 Å². The molecule has 1 aromatic rings. The van der Waals surface area contributed by atoms with E-state index in [1.165, 1.54) is 5.48 Å². The highest BCUT2D eigenvalue weighted by atomic mass is 19.4. The fourth-order valence-corrected chi connectivity index (χ4v) is 1.26. The van der Waals surface area contributed by atoms with Crippen molar-refractivity contribution in [2.24, 2.45) is 0 Å². The molecule has 0 bridgehead atoms. The number of carbonyl (C=O) groups is 1. The number of nitrogens with one attached hydrogen (secondary N) is 1. The first-order valence-electron chi connectivity index (χ1n) is 6.92. The van der Waals surface area contributed by atoms with Gasteiger partial charge in [0, 0.05) is 1.43 Å². The van der Waals surface area contributed by atoms with Gasteiger partial charge in [0.1, 0.15) is 0 Å². The first-order chi connectivity index (χ1) is 11.1. The third-order valence-electron chi connectivity index (χ3n) is 2.96. The SMILES string of the molecule is COC(=O)[C@H](COC(C)(C)C(F)(F)F)NO.OCc1ccccc1.[HH]. The minimum Gasteiger partial charge on any atom is -0.468 e. The van der Waals surface area contributed by atoms with Crippen LogP contribution in [0.2, 0.25) is 0 Å². The summed E-state index contributed by atoms with van der Waals surface area (Å²) in [6.07, 6.45) is -4.57. The number of hydrogen-bond acceptors (Lipinski definition) is 6. The fourth-order valence-electron chi connectivity index (χ4n) is 1.26. The molecule has 0 amide bonds. The van der Waals surface area contributed by atoms with Crippen molar-refractivity contribution in [2.75, 3.05) is 13.7 Å².